The lowest BCUT2D eigenvalue weighted by atomic mass is 10.1. The van der Waals surface area contributed by atoms with Crippen LogP contribution in [0.15, 0.2) is 18.2 Å². The summed E-state index contributed by atoms with van der Waals surface area (Å²) in [4.78, 5) is 22.9. The minimum Gasteiger partial charge on any atom is -0.481 e. The van der Waals surface area contributed by atoms with Crippen molar-refractivity contribution in [2.45, 2.75) is 32.9 Å². The van der Waals surface area contributed by atoms with E-state index in [0.717, 1.165) is 6.07 Å². The third kappa shape index (κ3) is 5.03. The van der Waals surface area contributed by atoms with Crippen LogP contribution in [0.1, 0.15) is 32.4 Å². The standard InChI is InChI=1S/C14H20FN3O3/c1-4-17-14(20)18-13(19)9(3)21-10-5-6-11(8(2)16)12(15)7-10/h5-9H,4,16H2,1-3H3,(H2,17,18,19,20)/t8-,9?/m1/s1. The molecule has 1 aromatic rings. The predicted octanol–water partition coefficient (Wildman–Crippen LogP) is 1.46. The van der Waals surface area contributed by atoms with Gasteiger partial charge in [0, 0.05) is 24.2 Å². The van der Waals surface area contributed by atoms with Crippen molar-refractivity contribution < 1.29 is 18.7 Å². The quantitative estimate of drug-likeness (QED) is 0.767. The van der Waals surface area contributed by atoms with Crippen molar-refractivity contribution in [2.24, 2.45) is 5.73 Å². The van der Waals surface area contributed by atoms with E-state index in [1.165, 1.54) is 19.1 Å². The van der Waals surface area contributed by atoms with Gasteiger partial charge in [-0.05, 0) is 26.8 Å². The lowest BCUT2D eigenvalue weighted by molar-refractivity contribution is -0.126. The molecule has 0 bridgehead atoms. The SMILES string of the molecule is CCNC(=O)NC(=O)C(C)Oc1ccc([C@@H](C)N)c(F)c1. The average Bonchev–Trinajstić information content (AvgIpc) is 2.38. The van der Waals surface area contributed by atoms with Gasteiger partial charge in [-0.3, -0.25) is 10.1 Å². The topological polar surface area (TPSA) is 93.5 Å². The molecule has 1 rings (SSSR count). The van der Waals surface area contributed by atoms with Crippen molar-refractivity contribution in [2.75, 3.05) is 6.54 Å². The van der Waals surface area contributed by atoms with Crippen LogP contribution >= 0.6 is 0 Å². The molecule has 0 radical (unpaired) electrons. The van der Waals surface area contributed by atoms with Gasteiger partial charge in [0.2, 0.25) is 0 Å². The number of ether oxygens (including phenoxy) is 1. The van der Waals surface area contributed by atoms with Gasteiger partial charge in [0.25, 0.3) is 5.91 Å². The fourth-order valence-electron chi connectivity index (χ4n) is 1.63. The van der Waals surface area contributed by atoms with Gasteiger partial charge in [0.15, 0.2) is 6.10 Å². The zero-order valence-electron chi connectivity index (χ0n) is 12.3. The van der Waals surface area contributed by atoms with Crippen LogP contribution in [0.4, 0.5) is 9.18 Å². The van der Waals surface area contributed by atoms with E-state index in [2.05, 4.69) is 10.6 Å². The van der Waals surface area contributed by atoms with Crippen LogP contribution in [-0.4, -0.2) is 24.6 Å². The normalized spacial score (nSPS) is 13.2. The predicted molar refractivity (Wildman–Crippen MR) is 76.3 cm³/mol. The van der Waals surface area contributed by atoms with E-state index in [1.807, 2.05) is 0 Å². The van der Waals surface area contributed by atoms with Gasteiger partial charge in [0.05, 0.1) is 0 Å². The molecular weight excluding hydrogens is 277 g/mol. The summed E-state index contributed by atoms with van der Waals surface area (Å²) in [5.74, 6) is -0.924. The van der Waals surface area contributed by atoms with E-state index < -0.39 is 29.9 Å². The smallest absolute Gasteiger partial charge is 0.321 e. The van der Waals surface area contributed by atoms with Crippen molar-refractivity contribution in [3.63, 3.8) is 0 Å². The summed E-state index contributed by atoms with van der Waals surface area (Å²) in [5.41, 5.74) is 5.97. The lowest BCUT2D eigenvalue weighted by Gasteiger charge is -2.15. The number of carbonyl (C=O) groups is 2. The zero-order chi connectivity index (χ0) is 16.0. The Kier molecular flexibility index (Phi) is 6.10. The number of carbonyl (C=O) groups excluding carboxylic acids is 2. The Labute approximate surface area is 122 Å². The van der Waals surface area contributed by atoms with E-state index in [-0.39, 0.29) is 5.75 Å². The van der Waals surface area contributed by atoms with Gasteiger partial charge in [-0.1, -0.05) is 6.07 Å². The van der Waals surface area contributed by atoms with Crippen molar-refractivity contribution in [1.82, 2.24) is 10.6 Å². The van der Waals surface area contributed by atoms with Crippen LogP contribution in [-0.2, 0) is 4.79 Å². The third-order valence-electron chi connectivity index (χ3n) is 2.72. The molecule has 0 fully saturated rings. The summed E-state index contributed by atoms with van der Waals surface area (Å²) in [6, 6.07) is 3.16. The Hall–Kier alpha value is -2.15. The highest BCUT2D eigenvalue weighted by Gasteiger charge is 2.18. The van der Waals surface area contributed by atoms with E-state index in [1.54, 1.807) is 13.8 Å². The molecule has 0 aliphatic rings. The van der Waals surface area contributed by atoms with Crippen LogP contribution in [0.5, 0.6) is 5.75 Å². The first-order chi connectivity index (χ1) is 9.85. The van der Waals surface area contributed by atoms with Crippen LogP contribution in [0.25, 0.3) is 0 Å². The average molecular weight is 297 g/mol. The fraction of sp³-hybridized carbons (Fsp3) is 0.429. The Morgan fingerprint density at radius 3 is 2.57 bits per heavy atom. The Bertz CT molecular complexity index is 520. The molecule has 116 valence electrons. The van der Waals surface area contributed by atoms with Crippen LogP contribution in [0.3, 0.4) is 0 Å². The monoisotopic (exact) mass is 297 g/mol. The van der Waals surface area contributed by atoms with Gasteiger partial charge in [-0.25, -0.2) is 9.18 Å². The largest absolute Gasteiger partial charge is 0.481 e. The third-order valence-corrected chi connectivity index (χ3v) is 2.72. The Balaban J connectivity index is 2.66. The molecule has 0 aliphatic carbocycles. The summed E-state index contributed by atoms with van der Waals surface area (Å²) < 4.78 is 19.0. The maximum Gasteiger partial charge on any atom is 0.321 e. The first-order valence-electron chi connectivity index (χ1n) is 6.65. The maximum absolute atomic E-state index is 13.7. The molecule has 2 atom stereocenters. The second-order valence-electron chi connectivity index (χ2n) is 4.58. The van der Waals surface area contributed by atoms with Gasteiger partial charge < -0.3 is 15.8 Å². The molecule has 4 N–H and O–H groups in total. The van der Waals surface area contributed by atoms with Crippen molar-refractivity contribution in [1.29, 1.82) is 0 Å². The number of hydrogen-bond donors (Lipinski definition) is 3. The second kappa shape index (κ2) is 7.58. The first-order valence-corrected chi connectivity index (χ1v) is 6.65. The number of urea groups is 1. The lowest BCUT2D eigenvalue weighted by Crippen LogP contribution is -2.45. The minimum absolute atomic E-state index is 0.190. The summed E-state index contributed by atoms with van der Waals surface area (Å²) in [5, 5.41) is 4.54. The fourth-order valence-corrected chi connectivity index (χ4v) is 1.63. The molecule has 1 aromatic carbocycles. The number of nitrogens with two attached hydrogens (primary N) is 1. The van der Waals surface area contributed by atoms with Crippen LogP contribution in [0, 0.1) is 5.82 Å². The number of halogens is 1. The van der Waals surface area contributed by atoms with Gasteiger partial charge >= 0.3 is 6.03 Å². The number of rotatable bonds is 5. The molecule has 1 unspecified atom stereocenters. The summed E-state index contributed by atoms with van der Waals surface area (Å²) in [6.07, 6.45) is -0.937. The number of benzene rings is 1. The molecule has 6 nitrogen and oxygen atoms in total. The Morgan fingerprint density at radius 1 is 1.38 bits per heavy atom. The van der Waals surface area contributed by atoms with Gasteiger partial charge in [0.1, 0.15) is 11.6 Å². The molecule has 0 spiro atoms. The molecule has 0 heterocycles. The molecule has 0 saturated heterocycles. The number of imide groups is 1. The zero-order valence-corrected chi connectivity index (χ0v) is 12.3. The van der Waals surface area contributed by atoms with Gasteiger partial charge in [-0.15, -0.1) is 0 Å². The molecule has 0 saturated carbocycles. The van der Waals surface area contributed by atoms with E-state index in [4.69, 9.17) is 10.5 Å². The number of amides is 3. The minimum atomic E-state index is -0.937. The molecule has 7 heteroatoms. The van der Waals surface area contributed by atoms with Crippen molar-refractivity contribution >= 4 is 11.9 Å². The highest BCUT2D eigenvalue weighted by molar-refractivity contribution is 5.96. The van der Waals surface area contributed by atoms with E-state index in [0.29, 0.717) is 12.1 Å². The molecule has 0 aromatic heterocycles. The molecule has 21 heavy (non-hydrogen) atoms. The van der Waals surface area contributed by atoms with E-state index >= 15 is 0 Å². The maximum atomic E-state index is 13.7. The summed E-state index contributed by atoms with van der Waals surface area (Å²) in [6.45, 7) is 5.26. The second-order valence-corrected chi connectivity index (χ2v) is 4.58. The first kappa shape index (κ1) is 16.9. The summed E-state index contributed by atoms with van der Waals surface area (Å²) in [7, 11) is 0. The number of nitrogens with one attached hydrogen (secondary N) is 2. The molecule has 0 aliphatic heterocycles. The summed E-state index contributed by atoms with van der Waals surface area (Å²) >= 11 is 0. The van der Waals surface area contributed by atoms with Crippen molar-refractivity contribution in [3.05, 3.63) is 29.6 Å². The molecule has 3 amide bonds. The number of hydrogen-bond acceptors (Lipinski definition) is 4. The van der Waals surface area contributed by atoms with Gasteiger partial charge in [-0.2, -0.15) is 0 Å². The Morgan fingerprint density at radius 2 is 2.05 bits per heavy atom. The van der Waals surface area contributed by atoms with E-state index in [9.17, 15) is 14.0 Å². The van der Waals surface area contributed by atoms with Crippen LogP contribution in [0.2, 0.25) is 0 Å². The van der Waals surface area contributed by atoms with Crippen molar-refractivity contribution in [3.8, 4) is 5.75 Å². The molecular formula is C14H20FN3O3. The highest BCUT2D eigenvalue weighted by Crippen LogP contribution is 2.21. The van der Waals surface area contributed by atoms with Crippen LogP contribution < -0.4 is 21.1 Å². The highest BCUT2D eigenvalue weighted by atomic mass is 19.1.